The summed E-state index contributed by atoms with van der Waals surface area (Å²) in [5.74, 6) is 2.03. The van der Waals surface area contributed by atoms with Crippen molar-refractivity contribution in [1.82, 2.24) is 20.1 Å². The van der Waals surface area contributed by atoms with Crippen molar-refractivity contribution in [2.75, 3.05) is 0 Å². The van der Waals surface area contributed by atoms with Crippen LogP contribution in [0.5, 0.6) is 0 Å². The Kier molecular flexibility index (Phi) is 4.01. The summed E-state index contributed by atoms with van der Waals surface area (Å²) in [4.78, 5) is 17.4. The summed E-state index contributed by atoms with van der Waals surface area (Å²) in [6.07, 6.45) is 6.60. The average molecular weight is 383 g/mol. The number of rotatable bonds is 4. The van der Waals surface area contributed by atoms with Gasteiger partial charge in [0.15, 0.2) is 0 Å². The summed E-state index contributed by atoms with van der Waals surface area (Å²) in [6.45, 7) is 0. The highest BCUT2D eigenvalue weighted by molar-refractivity contribution is 6.32. The Morgan fingerprint density at radius 1 is 1.22 bits per heavy atom. The van der Waals surface area contributed by atoms with Gasteiger partial charge in [-0.2, -0.15) is 0 Å². The van der Waals surface area contributed by atoms with Crippen LogP contribution in [-0.2, 0) is 6.42 Å². The molecule has 1 saturated carbocycles. The van der Waals surface area contributed by atoms with Crippen LogP contribution in [0.3, 0.4) is 0 Å². The molecular formula is C20H19ClN4O2. The zero-order valence-electron chi connectivity index (χ0n) is 14.7. The summed E-state index contributed by atoms with van der Waals surface area (Å²) in [5, 5.41) is 8.16. The number of hydrogen-bond donors (Lipinski definition) is 1. The first-order valence-corrected chi connectivity index (χ1v) is 9.67. The van der Waals surface area contributed by atoms with Gasteiger partial charge in [0.25, 0.3) is 5.91 Å². The van der Waals surface area contributed by atoms with Crippen LogP contribution >= 0.6 is 11.6 Å². The van der Waals surface area contributed by atoms with E-state index in [1.54, 1.807) is 10.9 Å². The average Bonchev–Trinajstić information content (AvgIpc) is 3.23. The quantitative estimate of drug-likeness (QED) is 0.734. The second-order valence-corrected chi connectivity index (χ2v) is 7.56. The predicted octanol–water partition coefficient (Wildman–Crippen LogP) is 4.20. The molecule has 2 aliphatic rings. The van der Waals surface area contributed by atoms with Crippen LogP contribution in [0, 0.1) is 0 Å². The molecule has 2 heterocycles. The molecule has 0 radical (unpaired) electrons. The molecule has 7 heteroatoms. The predicted molar refractivity (Wildman–Crippen MR) is 100 cm³/mol. The number of nitrogens with zero attached hydrogens (tertiary/aromatic N) is 3. The van der Waals surface area contributed by atoms with Crippen LogP contribution in [-0.4, -0.2) is 20.7 Å². The molecule has 1 atom stereocenters. The molecule has 6 nitrogen and oxygen atoms in total. The fourth-order valence-corrected chi connectivity index (χ4v) is 3.90. The molecule has 27 heavy (non-hydrogen) atoms. The number of para-hydroxylation sites is 1. The second kappa shape index (κ2) is 6.53. The molecule has 0 spiro atoms. The lowest BCUT2D eigenvalue weighted by Crippen LogP contribution is -2.31. The Morgan fingerprint density at radius 3 is 2.89 bits per heavy atom. The Morgan fingerprint density at radius 2 is 2.07 bits per heavy atom. The smallest absolute Gasteiger partial charge is 0.291 e. The van der Waals surface area contributed by atoms with Gasteiger partial charge in [0.2, 0.25) is 5.82 Å². The van der Waals surface area contributed by atoms with Gasteiger partial charge in [-0.3, -0.25) is 4.79 Å². The van der Waals surface area contributed by atoms with E-state index in [4.69, 9.17) is 16.0 Å². The summed E-state index contributed by atoms with van der Waals surface area (Å²) >= 11 is 6.34. The van der Waals surface area contributed by atoms with E-state index in [9.17, 15) is 4.79 Å². The number of carbonyl (C=O) groups is 1. The molecule has 138 valence electrons. The normalized spacial score (nSPS) is 18.9. The van der Waals surface area contributed by atoms with Crippen LogP contribution in [0.2, 0.25) is 5.02 Å². The number of furan rings is 1. The largest absolute Gasteiger partial charge is 0.469 e. The number of aryl methyl sites for hydroxylation is 1. The molecule has 0 bridgehead atoms. The summed E-state index contributed by atoms with van der Waals surface area (Å²) in [5.41, 5.74) is 1.81. The molecule has 1 unspecified atom stereocenters. The first-order chi connectivity index (χ1) is 13.2. The van der Waals surface area contributed by atoms with Crippen molar-refractivity contribution in [1.29, 1.82) is 0 Å². The van der Waals surface area contributed by atoms with Crippen LogP contribution in [0.1, 0.15) is 65.4 Å². The first-order valence-electron chi connectivity index (χ1n) is 9.29. The van der Waals surface area contributed by atoms with Crippen molar-refractivity contribution in [2.24, 2.45) is 0 Å². The summed E-state index contributed by atoms with van der Waals surface area (Å²) in [7, 11) is 0. The highest BCUT2D eigenvalue weighted by atomic mass is 35.5. The minimum absolute atomic E-state index is 0.0587. The van der Waals surface area contributed by atoms with E-state index in [2.05, 4.69) is 15.4 Å². The van der Waals surface area contributed by atoms with Crippen molar-refractivity contribution in [3.8, 4) is 5.69 Å². The van der Waals surface area contributed by atoms with Gasteiger partial charge in [-0.1, -0.05) is 23.7 Å². The molecule has 2 aromatic heterocycles. The van der Waals surface area contributed by atoms with E-state index in [1.165, 1.54) is 0 Å². The molecule has 1 aromatic carbocycles. The molecule has 2 aliphatic carbocycles. The van der Waals surface area contributed by atoms with Crippen molar-refractivity contribution in [2.45, 2.75) is 44.1 Å². The van der Waals surface area contributed by atoms with Gasteiger partial charge in [0.05, 0.1) is 23.0 Å². The number of halogens is 1. The standard InChI is InChI=1S/C20H19ClN4O2/c21-14-4-1-2-6-16(14)25-19(12-8-9-12)23-18(24-25)20(26)22-15-5-3-7-17-13(15)10-11-27-17/h1-2,4,6,10-12,15H,3,5,7-9H2,(H,22,26). The highest BCUT2D eigenvalue weighted by Gasteiger charge is 2.33. The third-order valence-electron chi connectivity index (χ3n) is 5.22. The topological polar surface area (TPSA) is 73.0 Å². The SMILES string of the molecule is O=C(NC1CCCc2occc21)c1nc(C2CC2)n(-c2ccccc2Cl)n1. The van der Waals surface area contributed by atoms with E-state index < -0.39 is 0 Å². The summed E-state index contributed by atoms with van der Waals surface area (Å²) < 4.78 is 7.23. The zero-order valence-corrected chi connectivity index (χ0v) is 15.4. The van der Waals surface area contributed by atoms with Crippen molar-refractivity contribution in [3.05, 3.63) is 64.6 Å². The zero-order chi connectivity index (χ0) is 18.4. The summed E-state index contributed by atoms with van der Waals surface area (Å²) in [6, 6.07) is 9.36. The minimum Gasteiger partial charge on any atom is -0.469 e. The molecule has 1 amide bonds. The van der Waals surface area contributed by atoms with Gasteiger partial charge < -0.3 is 9.73 Å². The number of carbonyl (C=O) groups excluding carboxylic acids is 1. The lowest BCUT2D eigenvalue weighted by atomic mass is 9.93. The lowest BCUT2D eigenvalue weighted by Gasteiger charge is -2.22. The first kappa shape index (κ1) is 16.6. The van der Waals surface area contributed by atoms with Gasteiger partial charge in [-0.15, -0.1) is 5.10 Å². The van der Waals surface area contributed by atoms with Gasteiger partial charge >= 0.3 is 0 Å². The Labute approximate surface area is 161 Å². The van der Waals surface area contributed by atoms with Crippen molar-refractivity contribution in [3.63, 3.8) is 0 Å². The Balaban J connectivity index is 1.45. The fraction of sp³-hybridized carbons (Fsp3) is 0.350. The maximum Gasteiger partial charge on any atom is 0.291 e. The third kappa shape index (κ3) is 3.04. The van der Waals surface area contributed by atoms with E-state index in [1.807, 2.05) is 30.3 Å². The molecule has 1 N–H and O–H groups in total. The molecule has 3 aromatic rings. The van der Waals surface area contributed by atoms with E-state index in [-0.39, 0.29) is 17.8 Å². The highest BCUT2D eigenvalue weighted by Crippen LogP contribution is 2.40. The number of aromatic nitrogens is 3. The maximum atomic E-state index is 12.9. The Bertz CT molecular complexity index is 1010. The minimum atomic E-state index is -0.262. The van der Waals surface area contributed by atoms with E-state index in [0.717, 1.165) is 54.9 Å². The molecule has 5 rings (SSSR count). The monoisotopic (exact) mass is 382 g/mol. The van der Waals surface area contributed by atoms with E-state index in [0.29, 0.717) is 10.9 Å². The number of nitrogens with one attached hydrogen (secondary N) is 1. The number of fused-ring (bicyclic) bond motifs is 1. The van der Waals surface area contributed by atoms with Crippen LogP contribution in [0.25, 0.3) is 5.69 Å². The van der Waals surface area contributed by atoms with Crippen LogP contribution in [0.4, 0.5) is 0 Å². The lowest BCUT2D eigenvalue weighted by molar-refractivity contribution is 0.0921. The van der Waals surface area contributed by atoms with Gasteiger partial charge in [0.1, 0.15) is 11.6 Å². The molecular weight excluding hydrogens is 364 g/mol. The fourth-order valence-electron chi connectivity index (χ4n) is 3.69. The van der Waals surface area contributed by atoms with Gasteiger partial charge in [-0.25, -0.2) is 9.67 Å². The molecule has 0 aliphatic heterocycles. The number of benzene rings is 1. The van der Waals surface area contributed by atoms with Gasteiger partial charge in [-0.05, 0) is 43.9 Å². The third-order valence-corrected chi connectivity index (χ3v) is 5.54. The van der Waals surface area contributed by atoms with Crippen LogP contribution in [0.15, 0.2) is 41.0 Å². The molecule has 1 fully saturated rings. The van der Waals surface area contributed by atoms with Crippen molar-refractivity contribution < 1.29 is 9.21 Å². The number of amides is 1. The van der Waals surface area contributed by atoms with E-state index >= 15 is 0 Å². The second-order valence-electron chi connectivity index (χ2n) is 7.15. The number of hydrogen-bond acceptors (Lipinski definition) is 4. The maximum absolute atomic E-state index is 12.9. The Hall–Kier alpha value is -2.60. The molecule has 0 saturated heterocycles. The van der Waals surface area contributed by atoms with Crippen LogP contribution < -0.4 is 5.32 Å². The van der Waals surface area contributed by atoms with Gasteiger partial charge in [0, 0.05) is 17.9 Å². The van der Waals surface area contributed by atoms with Crippen molar-refractivity contribution >= 4 is 17.5 Å².